The minimum Gasteiger partial charge on any atom is -0.457 e. The Morgan fingerprint density at radius 2 is 1.90 bits per heavy atom. The zero-order valence-electron chi connectivity index (χ0n) is 11.5. The third kappa shape index (κ3) is 2.14. The molecule has 0 spiro atoms. The van der Waals surface area contributed by atoms with Crippen LogP contribution < -0.4 is 0 Å². The van der Waals surface area contributed by atoms with Crippen molar-refractivity contribution in [2.24, 2.45) is 0 Å². The molecular formula is C18H16O2. The molecule has 100 valence electrons. The Bertz CT molecular complexity index is 698. The fraction of sp³-hybridized carbons (Fsp3) is 0.167. The first kappa shape index (κ1) is 12.7. The summed E-state index contributed by atoms with van der Waals surface area (Å²) in [5.74, 6) is -0.335. The van der Waals surface area contributed by atoms with Gasteiger partial charge in [0.25, 0.3) is 0 Å². The van der Waals surface area contributed by atoms with Gasteiger partial charge in [0.1, 0.15) is 6.61 Å². The van der Waals surface area contributed by atoms with Crippen molar-refractivity contribution in [1.82, 2.24) is 0 Å². The molecule has 0 aromatic heterocycles. The molecule has 0 fully saturated rings. The highest BCUT2D eigenvalue weighted by molar-refractivity contribution is 5.87. The number of benzene rings is 2. The van der Waals surface area contributed by atoms with Crippen LogP contribution >= 0.6 is 0 Å². The number of ether oxygens (including phenoxy) is 1. The van der Waals surface area contributed by atoms with E-state index in [9.17, 15) is 4.79 Å². The van der Waals surface area contributed by atoms with E-state index in [1.54, 1.807) is 6.92 Å². The van der Waals surface area contributed by atoms with E-state index < -0.39 is 0 Å². The number of esters is 1. The van der Waals surface area contributed by atoms with Crippen molar-refractivity contribution in [3.05, 3.63) is 71.3 Å². The first-order valence-electron chi connectivity index (χ1n) is 6.68. The quantitative estimate of drug-likeness (QED) is 0.530. The van der Waals surface area contributed by atoms with Crippen molar-refractivity contribution in [3.63, 3.8) is 0 Å². The van der Waals surface area contributed by atoms with Crippen LogP contribution in [-0.2, 0) is 22.6 Å². The van der Waals surface area contributed by atoms with Gasteiger partial charge in [0.05, 0.1) is 0 Å². The minimum absolute atomic E-state index is 0.308. The molecule has 0 saturated carbocycles. The zero-order chi connectivity index (χ0) is 14.1. The van der Waals surface area contributed by atoms with Crippen molar-refractivity contribution in [2.45, 2.75) is 20.0 Å². The summed E-state index contributed by atoms with van der Waals surface area (Å²) in [5, 5.41) is 0. The van der Waals surface area contributed by atoms with Crippen LogP contribution in [0.5, 0.6) is 0 Å². The normalized spacial score (nSPS) is 11.7. The fourth-order valence-corrected chi connectivity index (χ4v) is 2.63. The topological polar surface area (TPSA) is 26.3 Å². The number of fused-ring (bicyclic) bond motifs is 3. The van der Waals surface area contributed by atoms with E-state index in [1.165, 1.54) is 22.3 Å². The fourth-order valence-electron chi connectivity index (χ4n) is 2.63. The SMILES string of the molecule is C=C(C)C(=O)OCc1cccc2c1Cc1ccccc1-2. The van der Waals surface area contributed by atoms with Gasteiger partial charge in [0.15, 0.2) is 0 Å². The molecule has 2 aromatic carbocycles. The molecule has 20 heavy (non-hydrogen) atoms. The summed E-state index contributed by atoms with van der Waals surface area (Å²) in [6, 6.07) is 14.6. The zero-order valence-corrected chi connectivity index (χ0v) is 11.5. The highest BCUT2D eigenvalue weighted by Crippen LogP contribution is 2.38. The van der Waals surface area contributed by atoms with Crippen LogP contribution in [0.1, 0.15) is 23.6 Å². The van der Waals surface area contributed by atoms with E-state index in [4.69, 9.17) is 4.74 Å². The molecule has 0 N–H and O–H groups in total. The molecule has 0 radical (unpaired) electrons. The number of carbonyl (C=O) groups excluding carboxylic acids is 1. The Kier molecular flexibility index (Phi) is 3.15. The number of carbonyl (C=O) groups is 1. The second kappa shape index (κ2) is 4.97. The van der Waals surface area contributed by atoms with Gasteiger partial charge in [0, 0.05) is 5.57 Å². The maximum Gasteiger partial charge on any atom is 0.333 e. The number of hydrogen-bond donors (Lipinski definition) is 0. The first-order chi connectivity index (χ1) is 9.66. The number of hydrogen-bond acceptors (Lipinski definition) is 2. The van der Waals surface area contributed by atoms with Crippen molar-refractivity contribution in [3.8, 4) is 11.1 Å². The van der Waals surface area contributed by atoms with E-state index in [0.717, 1.165) is 12.0 Å². The Labute approximate surface area is 118 Å². The average Bonchev–Trinajstić information content (AvgIpc) is 2.83. The Morgan fingerprint density at radius 3 is 2.70 bits per heavy atom. The molecule has 0 aliphatic heterocycles. The van der Waals surface area contributed by atoms with Gasteiger partial charge in [-0.15, -0.1) is 0 Å². The predicted molar refractivity (Wildman–Crippen MR) is 79.3 cm³/mol. The van der Waals surface area contributed by atoms with Gasteiger partial charge in [-0.1, -0.05) is 49.0 Å². The maximum atomic E-state index is 11.5. The van der Waals surface area contributed by atoms with E-state index >= 15 is 0 Å². The summed E-state index contributed by atoms with van der Waals surface area (Å²) in [7, 11) is 0. The summed E-state index contributed by atoms with van der Waals surface area (Å²) < 4.78 is 5.28. The lowest BCUT2D eigenvalue weighted by Crippen LogP contribution is -2.06. The van der Waals surface area contributed by atoms with Gasteiger partial charge in [0.2, 0.25) is 0 Å². The molecule has 0 unspecified atom stereocenters. The van der Waals surface area contributed by atoms with Crippen molar-refractivity contribution >= 4 is 5.97 Å². The van der Waals surface area contributed by atoms with Crippen molar-refractivity contribution in [1.29, 1.82) is 0 Å². The van der Waals surface area contributed by atoms with Gasteiger partial charge < -0.3 is 4.74 Å². The van der Waals surface area contributed by atoms with E-state index in [0.29, 0.717) is 12.2 Å². The Balaban J connectivity index is 1.90. The second-order valence-corrected chi connectivity index (χ2v) is 5.13. The summed E-state index contributed by atoms with van der Waals surface area (Å²) in [4.78, 5) is 11.5. The molecule has 0 amide bonds. The van der Waals surface area contributed by atoms with Gasteiger partial charge in [-0.2, -0.15) is 0 Å². The molecule has 0 bridgehead atoms. The smallest absolute Gasteiger partial charge is 0.333 e. The lowest BCUT2D eigenvalue weighted by atomic mass is 10.0. The third-order valence-corrected chi connectivity index (χ3v) is 3.66. The van der Waals surface area contributed by atoms with Crippen LogP contribution in [0.3, 0.4) is 0 Å². The van der Waals surface area contributed by atoms with Crippen LogP contribution in [-0.4, -0.2) is 5.97 Å². The maximum absolute atomic E-state index is 11.5. The average molecular weight is 264 g/mol. The summed E-state index contributed by atoms with van der Waals surface area (Å²) in [6.07, 6.45) is 0.909. The summed E-state index contributed by atoms with van der Waals surface area (Å²) in [5.41, 5.74) is 6.65. The Morgan fingerprint density at radius 1 is 1.15 bits per heavy atom. The molecule has 0 atom stereocenters. The third-order valence-electron chi connectivity index (χ3n) is 3.66. The highest BCUT2D eigenvalue weighted by atomic mass is 16.5. The minimum atomic E-state index is -0.335. The molecule has 1 aliphatic rings. The molecule has 2 nitrogen and oxygen atoms in total. The van der Waals surface area contributed by atoms with E-state index in [1.807, 2.05) is 12.1 Å². The highest BCUT2D eigenvalue weighted by Gasteiger charge is 2.20. The van der Waals surface area contributed by atoms with Gasteiger partial charge in [-0.3, -0.25) is 0 Å². The molecule has 1 aliphatic carbocycles. The summed E-state index contributed by atoms with van der Waals surface area (Å²) >= 11 is 0. The standard InChI is InChI=1S/C18H16O2/c1-12(2)18(19)20-11-14-7-5-9-16-15-8-4-3-6-13(15)10-17(14)16/h3-9H,1,10-11H2,2H3. The molecule has 2 heteroatoms. The van der Waals surface area contributed by atoms with Gasteiger partial charge in [-0.25, -0.2) is 4.79 Å². The molecular weight excluding hydrogens is 248 g/mol. The predicted octanol–water partition coefficient (Wildman–Crippen LogP) is 3.88. The van der Waals surface area contributed by atoms with Crippen LogP contribution in [0.2, 0.25) is 0 Å². The second-order valence-electron chi connectivity index (χ2n) is 5.13. The van der Waals surface area contributed by atoms with Gasteiger partial charge >= 0.3 is 5.97 Å². The largest absolute Gasteiger partial charge is 0.457 e. The van der Waals surface area contributed by atoms with E-state index in [2.05, 4.69) is 36.9 Å². The van der Waals surface area contributed by atoms with Crippen LogP contribution in [0.25, 0.3) is 11.1 Å². The lowest BCUT2D eigenvalue weighted by molar-refractivity contribution is -0.140. The molecule has 2 aromatic rings. The Hall–Kier alpha value is -2.35. The monoisotopic (exact) mass is 264 g/mol. The van der Waals surface area contributed by atoms with Gasteiger partial charge in [-0.05, 0) is 41.2 Å². The van der Waals surface area contributed by atoms with Crippen LogP contribution in [0.15, 0.2) is 54.6 Å². The lowest BCUT2D eigenvalue weighted by Gasteiger charge is -2.09. The molecule has 0 saturated heterocycles. The first-order valence-corrected chi connectivity index (χ1v) is 6.68. The van der Waals surface area contributed by atoms with Crippen molar-refractivity contribution < 1.29 is 9.53 Å². The summed E-state index contributed by atoms with van der Waals surface area (Å²) in [6.45, 7) is 5.57. The van der Waals surface area contributed by atoms with Crippen molar-refractivity contribution in [2.75, 3.05) is 0 Å². The number of rotatable bonds is 3. The molecule has 0 heterocycles. The van der Waals surface area contributed by atoms with E-state index in [-0.39, 0.29) is 5.97 Å². The van der Waals surface area contributed by atoms with Crippen LogP contribution in [0, 0.1) is 0 Å². The molecule has 3 rings (SSSR count). The van der Waals surface area contributed by atoms with Crippen LogP contribution in [0.4, 0.5) is 0 Å².